The summed E-state index contributed by atoms with van der Waals surface area (Å²) in [4.78, 5) is 74.0. The Morgan fingerprint density at radius 3 is 1.92 bits per heavy atom. The summed E-state index contributed by atoms with van der Waals surface area (Å²) < 4.78 is 56.6. The molecule has 0 aliphatic carbocycles. The van der Waals surface area contributed by atoms with Gasteiger partial charge in [-0.3, -0.25) is 28.0 Å². The van der Waals surface area contributed by atoms with Gasteiger partial charge in [0.15, 0.2) is 18.1 Å². The van der Waals surface area contributed by atoms with Crippen molar-refractivity contribution in [3.05, 3.63) is 120 Å². The summed E-state index contributed by atoms with van der Waals surface area (Å²) in [5.41, 5.74) is 4.57. The van der Waals surface area contributed by atoms with Crippen LogP contribution in [0.4, 0.5) is 5.82 Å². The van der Waals surface area contributed by atoms with Crippen molar-refractivity contribution in [1.29, 1.82) is 0 Å². The van der Waals surface area contributed by atoms with E-state index in [2.05, 4.69) is 77.8 Å². The van der Waals surface area contributed by atoms with Gasteiger partial charge in [0.2, 0.25) is 0 Å². The SMILES string of the molecule is CC/C=C\C/C=C\C/C=C\C/C=C\C/C=C\C/C=C\CCC(=O)OC[C@H](COP(=O)(O)OP(=O)(O)OC[C@H]1O[C@@H](n2ccc(N)nc2=O)[C@H](O)[C@@H]1O)OC(=O)CCCCCCCC(=O)/C=C/C=C\CCCCC. The van der Waals surface area contributed by atoms with Crippen LogP contribution in [0.25, 0.3) is 0 Å². The highest BCUT2D eigenvalue weighted by atomic mass is 31.3. The fourth-order valence-corrected chi connectivity index (χ4v) is 8.84. The highest BCUT2D eigenvalue weighted by molar-refractivity contribution is 7.61. The number of aliphatic hydroxyl groups is 2. The zero-order valence-corrected chi connectivity index (χ0v) is 44.2. The van der Waals surface area contributed by atoms with Gasteiger partial charge in [-0.2, -0.15) is 9.29 Å². The Bertz CT molecular complexity index is 2170. The molecule has 0 saturated carbocycles. The Morgan fingerprint density at radius 1 is 0.712 bits per heavy atom. The predicted molar refractivity (Wildman–Crippen MR) is 280 cm³/mol. The van der Waals surface area contributed by atoms with Crippen molar-refractivity contribution in [3.63, 3.8) is 0 Å². The van der Waals surface area contributed by atoms with Crippen molar-refractivity contribution in [2.24, 2.45) is 0 Å². The summed E-state index contributed by atoms with van der Waals surface area (Å²) in [6.45, 7) is 1.78. The molecule has 0 aromatic carbocycles. The lowest BCUT2D eigenvalue weighted by Crippen LogP contribution is -2.36. The molecule has 1 aromatic rings. The van der Waals surface area contributed by atoms with Crippen molar-refractivity contribution in [2.45, 2.75) is 166 Å². The van der Waals surface area contributed by atoms with Crippen LogP contribution in [0.3, 0.4) is 0 Å². The molecule has 2 heterocycles. The summed E-state index contributed by atoms with van der Waals surface area (Å²) >= 11 is 0. The number of nitrogens with zero attached hydrogens (tertiary/aromatic N) is 2. The first-order valence-electron chi connectivity index (χ1n) is 25.2. The number of aliphatic hydroxyl groups excluding tert-OH is 2. The van der Waals surface area contributed by atoms with Gasteiger partial charge in [0.05, 0.1) is 13.2 Å². The first-order valence-corrected chi connectivity index (χ1v) is 28.2. The number of carbonyl (C=O) groups excluding carboxylic acids is 3. The number of ether oxygens (including phenoxy) is 3. The Hall–Kier alpha value is -4.65. The molecule has 1 aliphatic rings. The van der Waals surface area contributed by atoms with Gasteiger partial charge in [0.1, 0.15) is 30.7 Å². The number of unbranched alkanes of at least 4 members (excludes halogenated alkanes) is 7. The minimum atomic E-state index is -5.47. The number of ketones is 1. The van der Waals surface area contributed by atoms with Crippen LogP contribution in [0.2, 0.25) is 0 Å². The van der Waals surface area contributed by atoms with E-state index in [4.69, 9.17) is 29.0 Å². The number of hydrogen-bond donors (Lipinski definition) is 5. The van der Waals surface area contributed by atoms with E-state index in [0.717, 1.165) is 75.0 Å². The van der Waals surface area contributed by atoms with E-state index in [1.807, 2.05) is 30.4 Å². The van der Waals surface area contributed by atoms with Gasteiger partial charge in [-0.1, -0.05) is 137 Å². The molecule has 0 amide bonds. The molecule has 7 atom stereocenters. The number of phosphoric acid groups is 2. The molecule has 1 aromatic heterocycles. The van der Waals surface area contributed by atoms with Gasteiger partial charge in [-0.05, 0) is 82.8 Å². The van der Waals surface area contributed by atoms with E-state index in [9.17, 15) is 48.3 Å². The third kappa shape index (κ3) is 31.6. The number of nitrogens with two attached hydrogens (primary N) is 1. The molecule has 21 heteroatoms. The Morgan fingerprint density at radius 2 is 1.30 bits per heavy atom. The molecular formula is C52H79N3O16P2. The Balaban J connectivity index is 1.86. The highest BCUT2D eigenvalue weighted by Crippen LogP contribution is 2.60. The second-order valence-corrected chi connectivity index (χ2v) is 20.0. The molecule has 1 aliphatic heterocycles. The van der Waals surface area contributed by atoms with Gasteiger partial charge in [0.25, 0.3) is 0 Å². The largest absolute Gasteiger partial charge is 0.481 e. The fourth-order valence-electron chi connectivity index (χ4n) is 6.73. The van der Waals surface area contributed by atoms with Crippen molar-refractivity contribution < 1.29 is 71.1 Å². The van der Waals surface area contributed by atoms with Crippen LogP contribution in [0.15, 0.2) is 114 Å². The second-order valence-electron chi connectivity index (χ2n) is 17.0. The van der Waals surface area contributed by atoms with Crippen molar-refractivity contribution in [2.75, 3.05) is 25.6 Å². The average molecular weight is 1060 g/mol. The number of aromatic nitrogens is 2. The molecule has 2 unspecified atom stereocenters. The smallest absolute Gasteiger partial charge is 0.462 e. The first-order chi connectivity index (χ1) is 35.1. The summed E-state index contributed by atoms with van der Waals surface area (Å²) in [6.07, 6.45) is 39.0. The van der Waals surface area contributed by atoms with E-state index in [1.165, 1.54) is 12.5 Å². The number of esters is 2. The molecule has 408 valence electrons. The molecule has 19 nitrogen and oxygen atoms in total. The third-order valence-electron chi connectivity index (χ3n) is 10.6. The van der Waals surface area contributed by atoms with E-state index in [0.29, 0.717) is 38.5 Å². The van der Waals surface area contributed by atoms with Crippen molar-refractivity contribution >= 4 is 39.2 Å². The third-order valence-corrected chi connectivity index (χ3v) is 13.2. The number of phosphoric ester groups is 2. The molecule has 0 bridgehead atoms. The lowest BCUT2D eigenvalue weighted by Gasteiger charge is -2.21. The minimum absolute atomic E-state index is 0.0286. The Labute approximate surface area is 430 Å². The maximum absolute atomic E-state index is 12.9. The predicted octanol–water partition coefficient (Wildman–Crippen LogP) is 9.62. The lowest BCUT2D eigenvalue weighted by atomic mass is 10.1. The Kier molecular flexibility index (Phi) is 34.3. The first kappa shape index (κ1) is 64.5. The lowest BCUT2D eigenvalue weighted by molar-refractivity contribution is -0.161. The maximum atomic E-state index is 12.9. The molecule has 2 rings (SSSR count). The van der Waals surface area contributed by atoms with E-state index in [1.54, 1.807) is 12.2 Å². The fraction of sp³-hybridized carbons (Fsp3) is 0.558. The van der Waals surface area contributed by atoms with Crippen molar-refractivity contribution in [3.8, 4) is 0 Å². The van der Waals surface area contributed by atoms with E-state index >= 15 is 0 Å². The average Bonchev–Trinajstić information content (AvgIpc) is 3.62. The molecule has 73 heavy (non-hydrogen) atoms. The normalized spacial score (nSPS) is 19.7. The number of rotatable bonds is 40. The number of nitrogen functional groups attached to an aromatic ring is 1. The van der Waals surface area contributed by atoms with Gasteiger partial charge in [-0.25, -0.2) is 13.9 Å². The summed E-state index contributed by atoms with van der Waals surface area (Å²) in [7, 11) is -10.9. The zero-order valence-electron chi connectivity index (χ0n) is 42.4. The molecule has 6 N–H and O–H groups in total. The monoisotopic (exact) mass is 1060 g/mol. The molecular weight excluding hydrogens is 985 g/mol. The van der Waals surface area contributed by atoms with Gasteiger partial charge < -0.3 is 39.9 Å². The number of anilines is 1. The molecule has 0 spiro atoms. The van der Waals surface area contributed by atoms with Crippen LogP contribution in [-0.4, -0.2) is 91.5 Å². The zero-order chi connectivity index (χ0) is 53.6. The number of carbonyl (C=O) groups is 3. The standard InChI is InChI=1S/C52H79N3O16P2/c1-3-5-7-9-11-12-13-14-15-16-17-18-19-20-21-22-24-28-32-36-47(57)66-40-44(69-48(58)37-33-29-25-27-31-35-43(56)34-30-26-23-10-8-6-4-2)41-67-72(62,63)71-73(64,65)68-42-45-49(59)50(60)51(70-45)55-39-38-46(53)54-52(55)61/h5,7,11-12,14-15,17-18,20-21,23-24,26,28,30,34,38-39,44-45,49-51,59-60H,3-4,6,8-10,13,16,19,22,25,27,29,31-33,35-37,40-42H2,1-2H3,(H,62,63)(H,64,65)(H2,53,54,61)/b7-5-,12-11-,15-14-,18-17-,21-20-,26-23-,28-24-,34-30+/t44-,45-,49-,50-,51-/m1/s1. The van der Waals surface area contributed by atoms with Gasteiger partial charge in [0, 0.05) is 25.5 Å². The van der Waals surface area contributed by atoms with Crippen molar-refractivity contribution in [1.82, 2.24) is 9.55 Å². The topological polar surface area (TPSA) is 283 Å². The number of hydrogen-bond acceptors (Lipinski definition) is 16. The van der Waals surface area contributed by atoms with E-state index < -0.39 is 83.7 Å². The van der Waals surface area contributed by atoms with Crippen LogP contribution >= 0.6 is 15.6 Å². The van der Waals surface area contributed by atoms with E-state index in [-0.39, 0.29) is 24.4 Å². The second kappa shape index (κ2) is 38.9. The van der Waals surface area contributed by atoms with Crippen LogP contribution < -0.4 is 11.4 Å². The molecule has 1 saturated heterocycles. The van der Waals surface area contributed by atoms with Crippen LogP contribution in [0.1, 0.15) is 142 Å². The number of allylic oxidation sites excluding steroid dienone is 16. The maximum Gasteiger partial charge on any atom is 0.481 e. The minimum Gasteiger partial charge on any atom is -0.462 e. The quantitative estimate of drug-likeness (QED) is 0.0102. The van der Waals surface area contributed by atoms with Gasteiger partial charge in [-0.15, -0.1) is 0 Å². The summed E-state index contributed by atoms with van der Waals surface area (Å²) in [5.74, 6) is -1.47. The molecule has 1 fully saturated rings. The summed E-state index contributed by atoms with van der Waals surface area (Å²) in [5, 5.41) is 20.9. The summed E-state index contributed by atoms with van der Waals surface area (Å²) in [6, 6.07) is 1.23. The van der Waals surface area contributed by atoms with Crippen LogP contribution in [0, 0.1) is 0 Å². The highest BCUT2D eigenvalue weighted by Gasteiger charge is 2.46. The van der Waals surface area contributed by atoms with Crippen LogP contribution in [0.5, 0.6) is 0 Å². The van der Waals surface area contributed by atoms with Gasteiger partial charge >= 0.3 is 33.3 Å². The van der Waals surface area contributed by atoms with Crippen LogP contribution in [-0.2, 0) is 51.1 Å². The molecule has 0 radical (unpaired) electrons.